The summed E-state index contributed by atoms with van der Waals surface area (Å²) in [5.41, 5.74) is -0.734. The van der Waals surface area contributed by atoms with Crippen molar-refractivity contribution in [3.8, 4) is 0 Å². The first kappa shape index (κ1) is 13.9. The van der Waals surface area contributed by atoms with Crippen LogP contribution in [0.2, 0.25) is 0 Å². The van der Waals surface area contributed by atoms with E-state index in [0.717, 1.165) is 0 Å². The smallest absolute Gasteiger partial charge is 0.330 e. The van der Waals surface area contributed by atoms with Gasteiger partial charge in [0.25, 0.3) is 5.56 Å². The quantitative estimate of drug-likeness (QED) is 0.574. The molecule has 106 valence electrons. The van der Waals surface area contributed by atoms with E-state index in [2.05, 4.69) is 9.72 Å². The fraction of sp³-hybridized carbons (Fsp3) is 0.636. The fourth-order valence-corrected chi connectivity index (χ4v) is 2.04. The zero-order valence-corrected chi connectivity index (χ0v) is 10.6. The van der Waals surface area contributed by atoms with E-state index in [1.807, 2.05) is 0 Å². The van der Waals surface area contributed by atoms with Gasteiger partial charge in [-0.25, -0.2) is 4.79 Å². The second kappa shape index (κ2) is 5.25. The number of nitrogens with zero attached hydrogens (tertiary/aromatic N) is 1. The lowest BCUT2D eigenvalue weighted by atomic mass is 10.1. The average molecular weight is 272 g/mol. The van der Waals surface area contributed by atoms with Gasteiger partial charge in [0.2, 0.25) is 0 Å². The number of nitrogens with one attached hydrogen (secondary N) is 1. The molecular weight excluding hydrogens is 256 g/mol. The number of hydrogen-bond acceptors (Lipinski definition) is 6. The van der Waals surface area contributed by atoms with Crippen molar-refractivity contribution < 1.29 is 19.7 Å². The lowest BCUT2D eigenvalue weighted by Crippen LogP contribution is -2.36. The van der Waals surface area contributed by atoms with Gasteiger partial charge in [0.1, 0.15) is 12.3 Å². The highest BCUT2D eigenvalue weighted by Crippen LogP contribution is 2.29. The van der Waals surface area contributed by atoms with Crippen LogP contribution in [-0.4, -0.2) is 45.4 Å². The average Bonchev–Trinajstić information content (AvgIpc) is 2.75. The van der Waals surface area contributed by atoms with E-state index in [0.29, 0.717) is 5.56 Å². The Morgan fingerprint density at radius 2 is 2.26 bits per heavy atom. The van der Waals surface area contributed by atoms with Crippen LogP contribution < -0.4 is 11.2 Å². The Balaban J connectivity index is 2.28. The van der Waals surface area contributed by atoms with E-state index in [9.17, 15) is 19.8 Å². The van der Waals surface area contributed by atoms with E-state index >= 15 is 0 Å². The molecule has 4 atom stereocenters. The Labute approximate surface area is 108 Å². The van der Waals surface area contributed by atoms with Crippen LogP contribution in [0, 0.1) is 6.92 Å². The van der Waals surface area contributed by atoms with E-state index in [1.54, 1.807) is 6.92 Å². The predicted molar refractivity (Wildman–Crippen MR) is 63.6 cm³/mol. The molecule has 0 aromatic carbocycles. The van der Waals surface area contributed by atoms with Gasteiger partial charge in [0.15, 0.2) is 6.29 Å². The monoisotopic (exact) mass is 272 g/mol. The van der Waals surface area contributed by atoms with E-state index in [1.165, 1.54) is 17.9 Å². The molecule has 1 aromatic rings. The van der Waals surface area contributed by atoms with Gasteiger partial charge in [-0.1, -0.05) is 0 Å². The van der Waals surface area contributed by atoms with Crippen molar-refractivity contribution >= 4 is 0 Å². The first-order valence-electron chi connectivity index (χ1n) is 5.80. The van der Waals surface area contributed by atoms with Gasteiger partial charge >= 0.3 is 5.69 Å². The number of aromatic amines is 1. The van der Waals surface area contributed by atoms with Crippen LogP contribution in [0.4, 0.5) is 0 Å². The molecule has 3 N–H and O–H groups in total. The lowest BCUT2D eigenvalue weighted by Gasteiger charge is -2.19. The van der Waals surface area contributed by atoms with Gasteiger partial charge < -0.3 is 19.7 Å². The van der Waals surface area contributed by atoms with Gasteiger partial charge in [-0.3, -0.25) is 14.3 Å². The Kier molecular flexibility index (Phi) is 3.85. The van der Waals surface area contributed by atoms with Gasteiger partial charge in [-0.2, -0.15) is 0 Å². The second-order valence-corrected chi connectivity index (χ2v) is 4.46. The SMILES string of the molecule is COC(O)[C@H]1O[C@@H](n2cc(C)c(=O)[nH]c2=O)C[C@@H]1O. The predicted octanol–water partition coefficient (Wildman–Crippen LogP) is -1.54. The summed E-state index contributed by atoms with van der Waals surface area (Å²) in [6.07, 6.45) is -2.45. The number of methoxy groups -OCH3 is 1. The summed E-state index contributed by atoms with van der Waals surface area (Å²) in [5.74, 6) is 0. The minimum Gasteiger partial charge on any atom is -0.390 e. The largest absolute Gasteiger partial charge is 0.390 e. The van der Waals surface area contributed by atoms with Crippen molar-refractivity contribution in [1.82, 2.24) is 9.55 Å². The molecule has 1 aliphatic rings. The third-order valence-electron chi connectivity index (χ3n) is 3.12. The van der Waals surface area contributed by atoms with Crippen LogP contribution in [-0.2, 0) is 9.47 Å². The Morgan fingerprint density at radius 3 is 2.89 bits per heavy atom. The van der Waals surface area contributed by atoms with Crippen molar-refractivity contribution in [3.63, 3.8) is 0 Å². The number of aliphatic hydroxyl groups excluding tert-OH is 2. The zero-order chi connectivity index (χ0) is 14.2. The van der Waals surface area contributed by atoms with Crippen LogP contribution in [0.15, 0.2) is 15.8 Å². The van der Waals surface area contributed by atoms with Gasteiger partial charge in [0.05, 0.1) is 6.10 Å². The maximum absolute atomic E-state index is 11.7. The van der Waals surface area contributed by atoms with Gasteiger partial charge in [-0.15, -0.1) is 0 Å². The number of H-pyrrole nitrogens is 1. The molecule has 0 amide bonds. The van der Waals surface area contributed by atoms with Crippen LogP contribution in [0.5, 0.6) is 0 Å². The standard InChI is InChI=1S/C11H16N2O6/c1-5-4-13(11(17)12-9(5)15)7-3-6(14)8(19-7)10(16)18-2/h4,6-8,10,14,16H,3H2,1-2H3,(H,12,15,17)/t6-,7+,8-,10?/m0/s1. The molecule has 0 radical (unpaired) electrons. The molecule has 1 unspecified atom stereocenters. The summed E-state index contributed by atoms with van der Waals surface area (Å²) >= 11 is 0. The summed E-state index contributed by atoms with van der Waals surface area (Å²) in [4.78, 5) is 25.1. The highest BCUT2D eigenvalue weighted by molar-refractivity contribution is 5.02. The highest BCUT2D eigenvalue weighted by atomic mass is 16.6. The van der Waals surface area contributed by atoms with E-state index in [4.69, 9.17) is 4.74 Å². The molecule has 1 aliphatic heterocycles. The molecule has 0 spiro atoms. The molecule has 2 heterocycles. The number of aromatic nitrogens is 2. The molecule has 2 rings (SSSR count). The summed E-state index contributed by atoms with van der Waals surface area (Å²) in [6, 6.07) is 0. The first-order chi connectivity index (χ1) is 8.93. The minimum absolute atomic E-state index is 0.122. The van der Waals surface area contributed by atoms with Gasteiger partial charge in [-0.05, 0) is 6.92 Å². The fourth-order valence-electron chi connectivity index (χ4n) is 2.04. The summed E-state index contributed by atoms with van der Waals surface area (Å²) < 4.78 is 11.3. The number of ether oxygens (including phenoxy) is 2. The summed E-state index contributed by atoms with van der Waals surface area (Å²) in [7, 11) is 1.28. The highest BCUT2D eigenvalue weighted by Gasteiger charge is 2.40. The van der Waals surface area contributed by atoms with Crippen molar-refractivity contribution in [2.75, 3.05) is 7.11 Å². The van der Waals surface area contributed by atoms with E-state index < -0.39 is 36.0 Å². The van der Waals surface area contributed by atoms with Crippen LogP contribution in [0.3, 0.4) is 0 Å². The Morgan fingerprint density at radius 1 is 1.58 bits per heavy atom. The second-order valence-electron chi connectivity index (χ2n) is 4.46. The number of rotatable bonds is 3. The third-order valence-corrected chi connectivity index (χ3v) is 3.12. The van der Waals surface area contributed by atoms with Crippen molar-refractivity contribution in [3.05, 3.63) is 32.6 Å². The molecule has 0 aliphatic carbocycles. The minimum atomic E-state index is -1.28. The zero-order valence-electron chi connectivity index (χ0n) is 10.6. The molecule has 1 fully saturated rings. The van der Waals surface area contributed by atoms with Crippen LogP contribution in [0.25, 0.3) is 0 Å². The van der Waals surface area contributed by atoms with Crippen molar-refractivity contribution in [2.24, 2.45) is 0 Å². The van der Waals surface area contributed by atoms with E-state index in [-0.39, 0.29) is 6.42 Å². The molecule has 0 saturated carbocycles. The Hall–Kier alpha value is -1.48. The lowest BCUT2D eigenvalue weighted by molar-refractivity contribution is -0.183. The van der Waals surface area contributed by atoms with Crippen molar-refractivity contribution in [1.29, 1.82) is 0 Å². The maximum atomic E-state index is 11.7. The third kappa shape index (κ3) is 2.61. The topological polar surface area (TPSA) is 114 Å². The van der Waals surface area contributed by atoms with Gasteiger partial charge in [0, 0.05) is 25.3 Å². The number of hydrogen-bond donors (Lipinski definition) is 3. The normalized spacial score (nSPS) is 28.5. The molecule has 8 heteroatoms. The maximum Gasteiger partial charge on any atom is 0.330 e. The van der Waals surface area contributed by atoms with Crippen LogP contribution >= 0.6 is 0 Å². The molecular formula is C11H16N2O6. The molecule has 0 bridgehead atoms. The number of aryl methyl sites for hydroxylation is 1. The van der Waals surface area contributed by atoms with Crippen molar-refractivity contribution in [2.45, 2.75) is 38.1 Å². The molecule has 1 saturated heterocycles. The number of aliphatic hydroxyl groups is 2. The summed E-state index contributed by atoms with van der Waals surface area (Å²) in [5, 5.41) is 19.3. The molecule has 1 aromatic heterocycles. The van der Waals surface area contributed by atoms with Crippen LogP contribution in [0.1, 0.15) is 18.2 Å². The molecule has 8 nitrogen and oxygen atoms in total. The summed E-state index contributed by atoms with van der Waals surface area (Å²) in [6.45, 7) is 1.56. The molecule has 19 heavy (non-hydrogen) atoms. The Bertz CT molecular complexity index is 565. The first-order valence-corrected chi connectivity index (χ1v) is 5.80.